The Morgan fingerprint density at radius 3 is 2.65 bits per heavy atom. The molecule has 94 valence electrons. The second-order valence-electron chi connectivity index (χ2n) is 5.02. The van der Waals surface area contributed by atoms with Crippen molar-refractivity contribution < 1.29 is 4.74 Å². The molecule has 1 aromatic rings. The van der Waals surface area contributed by atoms with Crippen molar-refractivity contribution in [3.8, 4) is 5.75 Å². The summed E-state index contributed by atoms with van der Waals surface area (Å²) in [4.78, 5) is 2.51. The van der Waals surface area contributed by atoms with Crippen LogP contribution >= 0.6 is 0 Å². The fourth-order valence-electron chi connectivity index (χ4n) is 2.33. The third-order valence-electron chi connectivity index (χ3n) is 3.46. The highest BCUT2D eigenvalue weighted by atomic mass is 16.5. The Balaban J connectivity index is 1.79. The second kappa shape index (κ2) is 6.06. The van der Waals surface area contributed by atoms with Crippen molar-refractivity contribution in [2.75, 3.05) is 26.2 Å². The SMILES string of the molecule is Cc1ccc(C)c(OCCN2CCCCC2)c1. The van der Waals surface area contributed by atoms with Gasteiger partial charge in [0.2, 0.25) is 0 Å². The molecule has 1 heterocycles. The van der Waals surface area contributed by atoms with Crippen LogP contribution in [0, 0.1) is 13.8 Å². The van der Waals surface area contributed by atoms with Crippen molar-refractivity contribution >= 4 is 0 Å². The molecule has 1 aromatic carbocycles. The first-order valence-electron chi connectivity index (χ1n) is 6.68. The predicted octanol–water partition coefficient (Wildman–Crippen LogP) is 3.17. The van der Waals surface area contributed by atoms with Crippen LogP contribution in [0.1, 0.15) is 30.4 Å². The Morgan fingerprint density at radius 1 is 1.12 bits per heavy atom. The molecule has 2 heteroatoms. The Bertz CT molecular complexity index is 356. The van der Waals surface area contributed by atoms with Crippen LogP contribution in [0.3, 0.4) is 0 Å². The normalized spacial score (nSPS) is 17.1. The molecular formula is C15H23NO. The minimum absolute atomic E-state index is 0.810. The van der Waals surface area contributed by atoms with Crippen molar-refractivity contribution in [1.82, 2.24) is 4.90 Å². The monoisotopic (exact) mass is 233 g/mol. The lowest BCUT2D eigenvalue weighted by atomic mass is 10.1. The number of likely N-dealkylation sites (tertiary alicyclic amines) is 1. The molecule has 0 unspecified atom stereocenters. The maximum atomic E-state index is 5.88. The molecule has 1 aliphatic rings. The van der Waals surface area contributed by atoms with E-state index in [1.807, 2.05) is 0 Å². The van der Waals surface area contributed by atoms with Crippen molar-refractivity contribution in [3.63, 3.8) is 0 Å². The van der Waals surface area contributed by atoms with Gasteiger partial charge in [-0.2, -0.15) is 0 Å². The average Bonchev–Trinajstić information content (AvgIpc) is 2.35. The number of benzene rings is 1. The van der Waals surface area contributed by atoms with Crippen LogP contribution in [0.15, 0.2) is 18.2 Å². The maximum Gasteiger partial charge on any atom is 0.122 e. The molecule has 0 bridgehead atoms. The van der Waals surface area contributed by atoms with Crippen LogP contribution in [0.4, 0.5) is 0 Å². The summed E-state index contributed by atoms with van der Waals surface area (Å²) in [7, 11) is 0. The molecule has 0 amide bonds. The zero-order valence-corrected chi connectivity index (χ0v) is 11.0. The van der Waals surface area contributed by atoms with E-state index in [1.165, 1.54) is 43.5 Å². The van der Waals surface area contributed by atoms with E-state index in [0.717, 1.165) is 18.9 Å². The molecule has 0 N–H and O–H groups in total. The lowest BCUT2D eigenvalue weighted by Gasteiger charge is -2.26. The van der Waals surface area contributed by atoms with Crippen LogP contribution in [-0.2, 0) is 0 Å². The lowest BCUT2D eigenvalue weighted by Crippen LogP contribution is -2.33. The van der Waals surface area contributed by atoms with Gasteiger partial charge in [-0.1, -0.05) is 18.6 Å². The minimum atomic E-state index is 0.810. The maximum absolute atomic E-state index is 5.88. The quantitative estimate of drug-likeness (QED) is 0.792. The molecule has 2 nitrogen and oxygen atoms in total. The third kappa shape index (κ3) is 3.74. The van der Waals surface area contributed by atoms with Gasteiger partial charge in [-0.3, -0.25) is 4.90 Å². The van der Waals surface area contributed by atoms with Crippen LogP contribution in [0.5, 0.6) is 5.75 Å². The summed E-state index contributed by atoms with van der Waals surface area (Å²) in [6.07, 6.45) is 4.10. The van der Waals surface area contributed by atoms with Gasteiger partial charge in [0.05, 0.1) is 0 Å². The highest BCUT2D eigenvalue weighted by Crippen LogP contribution is 2.19. The molecule has 0 aliphatic carbocycles. The summed E-state index contributed by atoms with van der Waals surface area (Å²) < 4.78 is 5.88. The van der Waals surface area contributed by atoms with Gasteiger partial charge in [-0.15, -0.1) is 0 Å². The summed E-state index contributed by atoms with van der Waals surface area (Å²) in [6, 6.07) is 6.39. The molecule has 1 aliphatic heterocycles. The van der Waals surface area contributed by atoms with E-state index in [1.54, 1.807) is 0 Å². The molecule has 1 fully saturated rings. The van der Waals surface area contributed by atoms with Gasteiger partial charge in [-0.05, 0) is 57.0 Å². The van der Waals surface area contributed by atoms with E-state index in [4.69, 9.17) is 4.74 Å². The minimum Gasteiger partial charge on any atom is -0.492 e. The summed E-state index contributed by atoms with van der Waals surface area (Å²) in [6.45, 7) is 8.58. The van der Waals surface area contributed by atoms with Gasteiger partial charge in [0, 0.05) is 6.54 Å². The van der Waals surface area contributed by atoms with Gasteiger partial charge in [-0.25, -0.2) is 0 Å². The zero-order chi connectivity index (χ0) is 12.1. The summed E-state index contributed by atoms with van der Waals surface area (Å²) in [5.74, 6) is 1.04. The van der Waals surface area contributed by atoms with Crippen LogP contribution in [-0.4, -0.2) is 31.1 Å². The van der Waals surface area contributed by atoms with Crippen LogP contribution in [0.25, 0.3) is 0 Å². The summed E-state index contributed by atoms with van der Waals surface area (Å²) >= 11 is 0. The number of hydrogen-bond acceptors (Lipinski definition) is 2. The van der Waals surface area contributed by atoms with E-state index >= 15 is 0 Å². The fourth-order valence-corrected chi connectivity index (χ4v) is 2.33. The standard InChI is InChI=1S/C15H23NO/c1-13-6-7-14(2)15(12-13)17-11-10-16-8-4-3-5-9-16/h6-7,12H,3-5,8-11H2,1-2H3. The van der Waals surface area contributed by atoms with E-state index in [9.17, 15) is 0 Å². The van der Waals surface area contributed by atoms with Gasteiger partial charge in [0.25, 0.3) is 0 Å². The highest BCUT2D eigenvalue weighted by molar-refractivity contribution is 5.35. The van der Waals surface area contributed by atoms with Crippen LogP contribution in [0.2, 0.25) is 0 Å². The molecule has 0 radical (unpaired) electrons. The highest BCUT2D eigenvalue weighted by Gasteiger charge is 2.09. The Hall–Kier alpha value is -1.02. The number of rotatable bonds is 4. The second-order valence-corrected chi connectivity index (χ2v) is 5.02. The molecule has 0 spiro atoms. The van der Waals surface area contributed by atoms with E-state index in [2.05, 4.69) is 36.9 Å². The lowest BCUT2D eigenvalue weighted by molar-refractivity contribution is 0.183. The Kier molecular flexibility index (Phi) is 4.43. The Morgan fingerprint density at radius 2 is 1.88 bits per heavy atom. The number of nitrogens with zero attached hydrogens (tertiary/aromatic N) is 1. The molecule has 17 heavy (non-hydrogen) atoms. The molecule has 0 aromatic heterocycles. The molecule has 0 atom stereocenters. The Labute approximate surface area is 105 Å². The number of aryl methyl sites for hydroxylation is 2. The third-order valence-corrected chi connectivity index (χ3v) is 3.46. The largest absolute Gasteiger partial charge is 0.492 e. The van der Waals surface area contributed by atoms with Crippen molar-refractivity contribution in [1.29, 1.82) is 0 Å². The van der Waals surface area contributed by atoms with Crippen molar-refractivity contribution in [3.05, 3.63) is 29.3 Å². The molecule has 1 saturated heterocycles. The predicted molar refractivity (Wildman–Crippen MR) is 71.7 cm³/mol. The first-order chi connectivity index (χ1) is 8.25. The van der Waals surface area contributed by atoms with Gasteiger partial charge in [0.1, 0.15) is 12.4 Å². The van der Waals surface area contributed by atoms with Gasteiger partial charge in [0.15, 0.2) is 0 Å². The van der Waals surface area contributed by atoms with Crippen molar-refractivity contribution in [2.24, 2.45) is 0 Å². The molecule has 0 saturated carbocycles. The van der Waals surface area contributed by atoms with Crippen molar-refractivity contribution in [2.45, 2.75) is 33.1 Å². The summed E-state index contributed by atoms with van der Waals surface area (Å²) in [5.41, 5.74) is 2.50. The average molecular weight is 233 g/mol. The first kappa shape index (κ1) is 12.4. The van der Waals surface area contributed by atoms with Crippen LogP contribution < -0.4 is 4.74 Å². The number of hydrogen-bond donors (Lipinski definition) is 0. The number of ether oxygens (including phenoxy) is 1. The fraction of sp³-hybridized carbons (Fsp3) is 0.600. The van der Waals surface area contributed by atoms with E-state index < -0.39 is 0 Å². The first-order valence-corrected chi connectivity index (χ1v) is 6.68. The smallest absolute Gasteiger partial charge is 0.122 e. The zero-order valence-electron chi connectivity index (χ0n) is 11.0. The molecule has 2 rings (SSSR count). The topological polar surface area (TPSA) is 12.5 Å². The van der Waals surface area contributed by atoms with Gasteiger partial charge >= 0.3 is 0 Å². The van der Waals surface area contributed by atoms with E-state index in [0.29, 0.717) is 0 Å². The van der Waals surface area contributed by atoms with Gasteiger partial charge < -0.3 is 4.74 Å². The summed E-state index contributed by atoms with van der Waals surface area (Å²) in [5, 5.41) is 0. The van der Waals surface area contributed by atoms with E-state index in [-0.39, 0.29) is 0 Å². The number of piperidine rings is 1. The molecular weight excluding hydrogens is 210 g/mol.